The predicted molar refractivity (Wildman–Crippen MR) is 102 cm³/mol. The van der Waals surface area contributed by atoms with Gasteiger partial charge in [-0.05, 0) is 43.3 Å². The molecule has 1 atom stereocenters. The van der Waals surface area contributed by atoms with Crippen molar-refractivity contribution in [3.05, 3.63) is 46.8 Å². The maximum atomic E-state index is 10.6. The lowest BCUT2D eigenvalue weighted by atomic mass is 9.90. The number of thiazole rings is 1. The van der Waals surface area contributed by atoms with Crippen LogP contribution in [-0.2, 0) is 13.6 Å². The smallest absolute Gasteiger partial charge is 0.137 e. The van der Waals surface area contributed by atoms with Gasteiger partial charge in [-0.3, -0.25) is 4.90 Å². The zero-order valence-electron chi connectivity index (χ0n) is 14.2. The van der Waals surface area contributed by atoms with E-state index in [-0.39, 0.29) is 5.92 Å². The molecule has 25 heavy (non-hydrogen) atoms. The van der Waals surface area contributed by atoms with Crippen molar-refractivity contribution in [2.24, 2.45) is 13.0 Å². The summed E-state index contributed by atoms with van der Waals surface area (Å²) < 4.78 is 1.92. The third-order valence-corrected chi connectivity index (χ3v) is 6.80. The van der Waals surface area contributed by atoms with E-state index in [0.717, 1.165) is 49.0 Å². The average Bonchev–Trinajstić information content (AvgIpc) is 3.36. The molecular weight excluding hydrogens is 352 g/mol. The number of aryl methyl sites for hydroxylation is 1. The first-order valence-corrected chi connectivity index (χ1v) is 10.3. The molecule has 0 bridgehead atoms. The normalized spacial score (nSPS) is 17.8. The van der Waals surface area contributed by atoms with E-state index in [9.17, 15) is 5.11 Å². The van der Waals surface area contributed by atoms with Crippen molar-refractivity contribution in [1.82, 2.24) is 19.4 Å². The quantitative estimate of drug-likeness (QED) is 0.742. The Morgan fingerprint density at radius 1 is 1.32 bits per heavy atom. The van der Waals surface area contributed by atoms with Crippen LogP contribution >= 0.6 is 22.7 Å². The summed E-state index contributed by atoms with van der Waals surface area (Å²) in [6, 6.07) is 4.19. The van der Waals surface area contributed by atoms with Gasteiger partial charge in [-0.25, -0.2) is 9.97 Å². The van der Waals surface area contributed by atoms with E-state index in [1.165, 1.54) is 4.88 Å². The van der Waals surface area contributed by atoms with Gasteiger partial charge in [0.15, 0.2) is 0 Å². The lowest BCUT2D eigenvalue weighted by Gasteiger charge is -2.33. The predicted octanol–water partition coefficient (Wildman–Crippen LogP) is 3.55. The summed E-state index contributed by atoms with van der Waals surface area (Å²) in [7, 11) is 1.94. The summed E-state index contributed by atoms with van der Waals surface area (Å²) in [6.07, 6.45) is 5.17. The number of aliphatic hydroxyl groups excluding tert-OH is 1. The van der Waals surface area contributed by atoms with E-state index < -0.39 is 6.10 Å². The molecule has 1 aliphatic heterocycles. The molecule has 4 heterocycles. The van der Waals surface area contributed by atoms with Gasteiger partial charge in [-0.2, -0.15) is 0 Å². The van der Waals surface area contributed by atoms with E-state index in [1.807, 2.05) is 17.8 Å². The molecule has 0 spiro atoms. The number of piperidine rings is 1. The Hall–Kier alpha value is -1.54. The molecule has 0 saturated carbocycles. The molecule has 0 amide bonds. The van der Waals surface area contributed by atoms with Gasteiger partial charge in [-0.15, -0.1) is 22.7 Å². The number of hydrogen-bond acceptors (Lipinski definition) is 6. The number of hydrogen-bond donors (Lipinski definition) is 1. The number of thiophene rings is 1. The van der Waals surface area contributed by atoms with Gasteiger partial charge < -0.3 is 9.67 Å². The Labute approximate surface area is 155 Å². The summed E-state index contributed by atoms with van der Waals surface area (Å²) in [6.45, 7) is 2.89. The Morgan fingerprint density at radius 2 is 2.16 bits per heavy atom. The highest BCUT2D eigenvalue weighted by Crippen LogP contribution is 2.31. The second-order valence-electron chi connectivity index (χ2n) is 6.58. The maximum absolute atomic E-state index is 10.6. The number of aromatic nitrogens is 3. The van der Waals surface area contributed by atoms with Crippen LogP contribution in [-0.4, -0.2) is 37.6 Å². The fraction of sp³-hybridized carbons (Fsp3) is 0.444. The zero-order valence-corrected chi connectivity index (χ0v) is 15.8. The van der Waals surface area contributed by atoms with Crippen LogP contribution in [0.4, 0.5) is 0 Å². The molecule has 132 valence electrons. The highest BCUT2D eigenvalue weighted by atomic mass is 32.1. The number of aliphatic hydroxyl groups is 1. The van der Waals surface area contributed by atoms with Gasteiger partial charge in [0.05, 0.1) is 10.6 Å². The molecule has 5 nitrogen and oxygen atoms in total. The first-order valence-electron chi connectivity index (χ1n) is 8.56. The SMILES string of the molecule is Cn1ccnc1[C@H](O)C1CCN(Cc2csc(-c3cccs3)n2)CC1. The second-order valence-corrected chi connectivity index (χ2v) is 8.38. The van der Waals surface area contributed by atoms with Gasteiger partial charge in [0.2, 0.25) is 0 Å². The van der Waals surface area contributed by atoms with Crippen LogP contribution in [0.5, 0.6) is 0 Å². The number of nitrogens with zero attached hydrogens (tertiary/aromatic N) is 4. The molecule has 7 heteroatoms. The molecule has 0 aliphatic carbocycles. The average molecular weight is 375 g/mol. The molecule has 1 fully saturated rings. The highest BCUT2D eigenvalue weighted by Gasteiger charge is 2.28. The Kier molecular flexibility index (Phi) is 4.98. The third kappa shape index (κ3) is 3.69. The highest BCUT2D eigenvalue weighted by molar-refractivity contribution is 7.20. The fourth-order valence-corrected chi connectivity index (χ4v) is 5.05. The molecule has 3 aromatic rings. The van der Waals surface area contributed by atoms with Gasteiger partial charge in [-0.1, -0.05) is 6.07 Å². The molecule has 1 N–H and O–H groups in total. The van der Waals surface area contributed by atoms with Crippen molar-refractivity contribution in [3.63, 3.8) is 0 Å². The molecule has 4 rings (SSSR count). The molecule has 3 aromatic heterocycles. The van der Waals surface area contributed by atoms with Crippen LogP contribution in [0, 0.1) is 5.92 Å². The Morgan fingerprint density at radius 3 is 2.84 bits per heavy atom. The molecule has 0 aromatic carbocycles. The minimum absolute atomic E-state index is 0.287. The van der Waals surface area contributed by atoms with Crippen molar-refractivity contribution >= 4 is 22.7 Å². The van der Waals surface area contributed by atoms with Crippen LogP contribution in [0.3, 0.4) is 0 Å². The van der Waals surface area contributed by atoms with Crippen LogP contribution in [0.15, 0.2) is 35.3 Å². The van der Waals surface area contributed by atoms with Crippen LogP contribution in [0.2, 0.25) is 0 Å². The molecular formula is C18H22N4OS2. The van der Waals surface area contributed by atoms with Crippen molar-refractivity contribution in [3.8, 4) is 9.88 Å². The van der Waals surface area contributed by atoms with Crippen LogP contribution in [0.25, 0.3) is 9.88 Å². The largest absolute Gasteiger partial charge is 0.385 e. The maximum Gasteiger partial charge on any atom is 0.137 e. The van der Waals surface area contributed by atoms with E-state index in [1.54, 1.807) is 28.9 Å². The van der Waals surface area contributed by atoms with Crippen molar-refractivity contribution < 1.29 is 5.11 Å². The van der Waals surface area contributed by atoms with E-state index >= 15 is 0 Å². The zero-order chi connectivity index (χ0) is 17.2. The first-order chi connectivity index (χ1) is 12.2. The first kappa shape index (κ1) is 16.9. The number of imidazole rings is 1. The van der Waals surface area contributed by atoms with Gasteiger partial charge in [0.1, 0.15) is 16.9 Å². The summed E-state index contributed by atoms with van der Waals surface area (Å²) in [4.78, 5) is 12.8. The van der Waals surface area contributed by atoms with E-state index in [4.69, 9.17) is 4.98 Å². The molecule has 1 aliphatic rings. The van der Waals surface area contributed by atoms with Crippen molar-refractivity contribution in [2.75, 3.05) is 13.1 Å². The van der Waals surface area contributed by atoms with Gasteiger partial charge >= 0.3 is 0 Å². The molecule has 0 unspecified atom stereocenters. The fourth-order valence-electron chi connectivity index (χ4n) is 3.42. The monoisotopic (exact) mass is 374 g/mol. The van der Waals surface area contributed by atoms with E-state index in [0.29, 0.717) is 0 Å². The Balaban J connectivity index is 1.33. The topological polar surface area (TPSA) is 54.2 Å². The number of likely N-dealkylation sites (tertiary alicyclic amines) is 1. The Bertz CT molecular complexity index is 803. The second kappa shape index (κ2) is 7.37. The molecule has 1 saturated heterocycles. The van der Waals surface area contributed by atoms with Crippen molar-refractivity contribution in [2.45, 2.75) is 25.5 Å². The van der Waals surface area contributed by atoms with Crippen LogP contribution < -0.4 is 0 Å². The lowest BCUT2D eigenvalue weighted by Crippen LogP contribution is -2.35. The summed E-state index contributed by atoms with van der Waals surface area (Å²) >= 11 is 3.46. The third-order valence-electron chi connectivity index (χ3n) is 4.87. The standard InChI is InChI=1S/C18H22N4OS2/c1-21-9-6-19-17(21)16(23)13-4-7-22(8-5-13)11-14-12-25-18(20-14)15-3-2-10-24-15/h2-3,6,9-10,12-13,16,23H,4-5,7-8,11H2,1H3/t16-/m1/s1. The van der Waals surface area contributed by atoms with Crippen LogP contribution in [0.1, 0.15) is 30.5 Å². The summed E-state index contributed by atoms with van der Waals surface area (Å²) in [5.41, 5.74) is 1.15. The number of rotatable bonds is 5. The van der Waals surface area contributed by atoms with Gasteiger partial charge in [0, 0.05) is 31.4 Å². The van der Waals surface area contributed by atoms with E-state index in [2.05, 4.69) is 32.8 Å². The minimum atomic E-state index is -0.466. The lowest BCUT2D eigenvalue weighted by molar-refractivity contribution is 0.0489. The summed E-state index contributed by atoms with van der Waals surface area (Å²) in [5.74, 6) is 1.06. The minimum Gasteiger partial charge on any atom is -0.385 e. The molecule has 0 radical (unpaired) electrons. The summed E-state index contributed by atoms with van der Waals surface area (Å²) in [5, 5.41) is 16.0. The van der Waals surface area contributed by atoms with Crippen molar-refractivity contribution in [1.29, 1.82) is 0 Å². The van der Waals surface area contributed by atoms with Gasteiger partial charge in [0.25, 0.3) is 0 Å².